The molecule has 0 fully saturated rings. The first-order valence-electron chi connectivity index (χ1n) is 10.3. The second kappa shape index (κ2) is 11.5. The fraction of sp³-hybridized carbons (Fsp3) is 0.208. The monoisotopic (exact) mass is 538 g/mol. The van der Waals surface area contributed by atoms with Crippen molar-refractivity contribution in [3.05, 3.63) is 76.3 Å². The van der Waals surface area contributed by atoms with Gasteiger partial charge in [-0.15, -0.1) is 0 Å². The van der Waals surface area contributed by atoms with Crippen molar-refractivity contribution < 1.29 is 27.4 Å². The number of benzene rings is 3. The highest BCUT2D eigenvalue weighted by molar-refractivity contribution is 7.92. The van der Waals surface area contributed by atoms with Crippen LogP contribution in [0.15, 0.2) is 65.6 Å². The Balaban J connectivity index is 1.60. The third kappa shape index (κ3) is 6.94. The Morgan fingerprint density at radius 1 is 0.914 bits per heavy atom. The number of hydrogen-bond donors (Lipinski definition) is 2. The standard InChI is InChI=1S/C24H24Cl2N2O6S/c1-15(16-4-10-22(32-2)23(12-16)33-3)27-24(29)14-34-21-11-9-19(13-20(21)26)35(30,31)28-18-7-5-17(25)6-8-18/h4-13,15,28H,14H2,1-3H3,(H,27,29)/t15-/m0/s1. The van der Waals surface area contributed by atoms with Gasteiger partial charge in [0, 0.05) is 10.7 Å². The average molecular weight is 539 g/mol. The maximum absolute atomic E-state index is 12.6. The van der Waals surface area contributed by atoms with Crippen LogP contribution in [0.4, 0.5) is 5.69 Å². The van der Waals surface area contributed by atoms with Crippen molar-refractivity contribution in [1.29, 1.82) is 0 Å². The maximum Gasteiger partial charge on any atom is 0.261 e. The van der Waals surface area contributed by atoms with Gasteiger partial charge in [-0.2, -0.15) is 0 Å². The molecule has 35 heavy (non-hydrogen) atoms. The highest BCUT2D eigenvalue weighted by Gasteiger charge is 2.18. The summed E-state index contributed by atoms with van der Waals surface area (Å²) in [4.78, 5) is 12.3. The second-order valence-corrected chi connectivity index (χ2v) is 9.92. The zero-order valence-electron chi connectivity index (χ0n) is 19.2. The van der Waals surface area contributed by atoms with E-state index in [1.165, 1.54) is 25.3 Å². The summed E-state index contributed by atoms with van der Waals surface area (Å²) in [5, 5.41) is 3.35. The third-order valence-electron chi connectivity index (χ3n) is 4.95. The molecule has 0 bridgehead atoms. The Hall–Kier alpha value is -3.14. The summed E-state index contributed by atoms with van der Waals surface area (Å²) in [5.74, 6) is 0.923. The van der Waals surface area contributed by atoms with Crippen molar-refractivity contribution in [2.75, 3.05) is 25.5 Å². The Labute approximate surface area is 214 Å². The minimum Gasteiger partial charge on any atom is -0.493 e. The summed E-state index contributed by atoms with van der Waals surface area (Å²) in [5.41, 5.74) is 1.17. The number of carbonyl (C=O) groups is 1. The average Bonchev–Trinajstić information content (AvgIpc) is 2.84. The van der Waals surface area contributed by atoms with Gasteiger partial charge in [-0.05, 0) is 67.1 Å². The minimum absolute atomic E-state index is 0.0460. The van der Waals surface area contributed by atoms with Crippen molar-refractivity contribution >= 4 is 44.8 Å². The van der Waals surface area contributed by atoms with Gasteiger partial charge in [0.05, 0.1) is 30.2 Å². The van der Waals surface area contributed by atoms with Gasteiger partial charge in [0.1, 0.15) is 5.75 Å². The van der Waals surface area contributed by atoms with E-state index in [1.807, 2.05) is 13.0 Å². The van der Waals surface area contributed by atoms with Crippen molar-refractivity contribution in [3.8, 4) is 17.2 Å². The topological polar surface area (TPSA) is 103 Å². The number of sulfonamides is 1. The largest absolute Gasteiger partial charge is 0.493 e. The highest BCUT2D eigenvalue weighted by atomic mass is 35.5. The molecule has 0 saturated carbocycles. The molecule has 0 aliphatic heterocycles. The van der Waals surface area contributed by atoms with Crippen LogP contribution in [0.3, 0.4) is 0 Å². The quantitative estimate of drug-likeness (QED) is 0.373. The third-order valence-corrected chi connectivity index (χ3v) is 6.88. The molecule has 0 unspecified atom stereocenters. The number of rotatable bonds is 10. The summed E-state index contributed by atoms with van der Waals surface area (Å²) < 4.78 is 43.7. The van der Waals surface area contributed by atoms with Crippen molar-refractivity contribution in [1.82, 2.24) is 5.32 Å². The zero-order chi connectivity index (χ0) is 25.6. The molecular weight excluding hydrogens is 515 g/mol. The molecule has 3 aromatic rings. The van der Waals surface area contributed by atoms with Gasteiger partial charge in [0.15, 0.2) is 18.1 Å². The van der Waals surface area contributed by atoms with Crippen molar-refractivity contribution in [3.63, 3.8) is 0 Å². The van der Waals surface area contributed by atoms with E-state index in [0.29, 0.717) is 22.2 Å². The lowest BCUT2D eigenvalue weighted by molar-refractivity contribution is -0.123. The van der Waals surface area contributed by atoms with Crippen LogP contribution in [0.2, 0.25) is 10.0 Å². The van der Waals surface area contributed by atoms with E-state index >= 15 is 0 Å². The molecule has 0 aromatic heterocycles. The van der Waals surface area contributed by atoms with Crippen LogP contribution < -0.4 is 24.2 Å². The molecule has 0 aliphatic rings. The van der Waals surface area contributed by atoms with Crippen LogP contribution in [0.25, 0.3) is 0 Å². The van der Waals surface area contributed by atoms with Gasteiger partial charge in [-0.3, -0.25) is 9.52 Å². The first-order valence-corrected chi connectivity index (χ1v) is 12.6. The first kappa shape index (κ1) is 26.5. The number of anilines is 1. The van der Waals surface area contributed by atoms with Gasteiger partial charge in [-0.25, -0.2) is 8.42 Å². The summed E-state index contributed by atoms with van der Waals surface area (Å²) in [6.07, 6.45) is 0. The van der Waals surface area contributed by atoms with Gasteiger partial charge < -0.3 is 19.5 Å². The van der Waals surface area contributed by atoms with E-state index in [0.717, 1.165) is 5.56 Å². The first-order chi connectivity index (χ1) is 16.6. The molecule has 0 saturated heterocycles. The second-order valence-electron chi connectivity index (χ2n) is 7.40. The molecule has 0 spiro atoms. The minimum atomic E-state index is -3.89. The fourth-order valence-corrected chi connectivity index (χ4v) is 4.64. The fourth-order valence-electron chi connectivity index (χ4n) is 3.13. The molecule has 11 heteroatoms. The van der Waals surface area contributed by atoms with E-state index in [-0.39, 0.29) is 34.2 Å². The Kier molecular flexibility index (Phi) is 8.71. The molecule has 0 heterocycles. The number of ether oxygens (including phenoxy) is 3. The lowest BCUT2D eigenvalue weighted by atomic mass is 10.1. The lowest BCUT2D eigenvalue weighted by Crippen LogP contribution is -2.31. The Morgan fingerprint density at radius 3 is 2.20 bits per heavy atom. The van der Waals surface area contributed by atoms with Crippen LogP contribution in [0, 0.1) is 0 Å². The van der Waals surface area contributed by atoms with Gasteiger partial charge in [0.25, 0.3) is 15.9 Å². The van der Waals surface area contributed by atoms with Crippen LogP contribution in [-0.4, -0.2) is 35.2 Å². The molecule has 3 rings (SSSR count). The molecule has 2 N–H and O–H groups in total. The Bertz CT molecular complexity index is 1300. The smallest absolute Gasteiger partial charge is 0.261 e. The normalized spacial score (nSPS) is 11.9. The van der Waals surface area contributed by atoms with Crippen LogP contribution in [0.1, 0.15) is 18.5 Å². The Morgan fingerprint density at radius 2 is 1.57 bits per heavy atom. The molecule has 186 valence electrons. The van der Waals surface area contributed by atoms with E-state index in [9.17, 15) is 13.2 Å². The van der Waals surface area contributed by atoms with Crippen LogP contribution in [0.5, 0.6) is 17.2 Å². The predicted molar refractivity (Wildman–Crippen MR) is 135 cm³/mol. The number of amides is 1. The summed E-state index contributed by atoms with van der Waals surface area (Å²) >= 11 is 12.0. The molecule has 1 amide bonds. The summed E-state index contributed by atoms with van der Waals surface area (Å²) in [7, 11) is -0.806. The molecule has 8 nitrogen and oxygen atoms in total. The SMILES string of the molecule is COc1ccc([C@H](C)NC(=O)COc2ccc(S(=O)(=O)Nc3ccc(Cl)cc3)cc2Cl)cc1OC. The van der Waals surface area contributed by atoms with E-state index in [2.05, 4.69) is 10.0 Å². The molecule has 3 aromatic carbocycles. The summed E-state index contributed by atoms with van der Waals surface area (Å²) in [6.45, 7) is 1.51. The van der Waals surface area contributed by atoms with Crippen LogP contribution in [-0.2, 0) is 14.8 Å². The number of nitrogens with one attached hydrogen (secondary N) is 2. The maximum atomic E-state index is 12.6. The van der Waals surface area contributed by atoms with Gasteiger partial charge in [0.2, 0.25) is 0 Å². The van der Waals surface area contributed by atoms with E-state index in [1.54, 1.807) is 43.5 Å². The van der Waals surface area contributed by atoms with Crippen molar-refractivity contribution in [2.24, 2.45) is 0 Å². The predicted octanol–water partition coefficient (Wildman–Crippen LogP) is 5.07. The van der Waals surface area contributed by atoms with Crippen LogP contribution >= 0.6 is 23.2 Å². The molecule has 0 radical (unpaired) electrons. The molecular formula is C24H24Cl2N2O6S. The van der Waals surface area contributed by atoms with Gasteiger partial charge >= 0.3 is 0 Å². The number of carbonyl (C=O) groups excluding carboxylic acids is 1. The lowest BCUT2D eigenvalue weighted by Gasteiger charge is -2.17. The zero-order valence-corrected chi connectivity index (χ0v) is 21.5. The number of halogens is 2. The number of methoxy groups -OCH3 is 2. The highest BCUT2D eigenvalue weighted by Crippen LogP contribution is 2.30. The van der Waals surface area contributed by atoms with E-state index < -0.39 is 10.0 Å². The van der Waals surface area contributed by atoms with Gasteiger partial charge in [-0.1, -0.05) is 29.3 Å². The summed E-state index contributed by atoms with van der Waals surface area (Å²) in [6, 6.07) is 15.2. The number of hydrogen-bond acceptors (Lipinski definition) is 6. The molecule has 0 aliphatic carbocycles. The van der Waals surface area contributed by atoms with Crippen molar-refractivity contribution in [2.45, 2.75) is 17.9 Å². The molecule has 1 atom stereocenters. The van der Waals surface area contributed by atoms with E-state index in [4.69, 9.17) is 37.4 Å².